The molecule has 0 bridgehead atoms. The first kappa shape index (κ1) is 19.0. The highest BCUT2D eigenvalue weighted by atomic mass is 79.9. The highest BCUT2D eigenvalue weighted by Crippen LogP contribution is 2.28. The third kappa shape index (κ3) is 4.64. The van der Waals surface area contributed by atoms with Crippen LogP contribution in [0.25, 0.3) is 11.3 Å². The molecule has 1 aliphatic heterocycles. The Balaban J connectivity index is 1.53. The minimum absolute atomic E-state index is 0.104. The van der Waals surface area contributed by atoms with Crippen molar-refractivity contribution in [3.63, 3.8) is 0 Å². The van der Waals surface area contributed by atoms with Crippen LogP contribution in [-0.4, -0.2) is 52.9 Å². The molecule has 1 aromatic carbocycles. The van der Waals surface area contributed by atoms with Gasteiger partial charge in [-0.05, 0) is 37.9 Å². The number of carbonyl (C=O) groups excluding carboxylic acids is 2. The molecule has 1 N–H and O–H groups in total. The predicted molar refractivity (Wildman–Crippen MR) is 127 cm³/mol. The first-order valence-corrected chi connectivity index (χ1v) is 13.1. The van der Waals surface area contributed by atoms with Gasteiger partial charge in [-0.2, -0.15) is 0 Å². The van der Waals surface area contributed by atoms with Gasteiger partial charge in [-0.3, -0.25) is 9.59 Å². The second kappa shape index (κ2) is 8.80. The van der Waals surface area contributed by atoms with Crippen molar-refractivity contribution < 1.29 is 22.1 Å². The number of thiazole rings is 1. The highest BCUT2D eigenvalue weighted by Gasteiger charge is 2.35. The maximum Gasteiger partial charge on any atom is 0.256 e. The standard InChI is InChI=1S/C21H21BrN4O4S2/c1-13-9-15(11-26(13)32(2,29)30)20(28)25-8-4-7-18(25)19(27)24-21-23-17(12-31-21)14-5-3-6-16(22)10-14/h3,5-6,9-12,18H,4,7-8H2,1-2H3,(H,23,24,27)/t18-/m0/s1/i1D3. The van der Waals surface area contributed by atoms with Gasteiger partial charge < -0.3 is 10.2 Å². The lowest BCUT2D eigenvalue weighted by molar-refractivity contribution is -0.119. The van der Waals surface area contributed by atoms with E-state index in [2.05, 4.69) is 26.2 Å². The van der Waals surface area contributed by atoms with Crippen molar-refractivity contribution in [2.45, 2.75) is 25.7 Å². The Morgan fingerprint density at radius 2 is 2.16 bits per heavy atom. The van der Waals surface area contributed by atoms with Crippen LogP contribution >= 0.6 is 27.3 Å². The highest BCUT2D eigenvalue weighted by molar-refractivity contribution is 9.10. The molecule has 11 heteroatoms. The van der Waals surface area contributed by atoms with Crippen LogP contribution in [0.4, 0.5) is 5.13 Å². The number of hydrogen-bond acceptors (Lipinski definition) is 6. The van der Waals surface area contributed by atoms with Crippen LogP contribution in [0.2, 0.25) is 0 Å². The molecule has 1 saturated heterocycles. The lowest BCUT2D eigenvalue weighted by atomic mass is 10.2. The number of nitrogens with one attached hydrogen (secondary N) is 1. The van der Waals surface area contributed by atoms with Crippen LogP contribution < -0.4 is 5.32 Å². The summed E-state index contributed by atoms with van der Waals surface area (Å²) < 4.78 is 48.5. The number of rotatable bonds is 5. The molecule has 168 valence electrons. The Morgan fingerprint density at radius 3 is 2.84 bits per heavy atom. The van der Waals surface area contributed by atoms with Crippen molar-refractivity contribution in [3.05, 3.63) is 57.6 Å². The number of likely N-dealkylation sites (tertiary alicyclic amines) is 1. The molecule has 0 spiro atoms. The van der Waals surface area contributed by atoms with Gasteiger partial charge in [-0.1, -0.05) is 28.1 Å². The smallest absolute Gasteiger partial charge is 0.256 e. The van der Waals surface area contributed by atoms with Gasteiger partial charge in [0, 0.05) is 38.0 Å². The molecule has 4 rings (SSSR count). The number of aromatic nitrogens is 2. The summed E-state index contributed by atoms with van der Waals surface area (Å²) in [6.07, 6.45) is 2.85. The lowest BCUT2D eigenvalue weighted by Crippen LogP contribution is -2.43. The molecule has 3 aromatic rings. The van der Waals surface area contributed by atoms with E-state index in [0.29, 0.717) is 27.6 Å². The predicted octanol–water partition coefficient (Wildman–Crippen LogP) is 3.73. The van der Waals surface area contributed by atoms with Crippen LogP contribution in [-0.2, 0) is 14.8 Å². The number of amides is 2. The fraction of sp³-hybridized carbons (Fsp3) is 0.286. The molecular weight excluding hydrogens is 516 g/mol. The van der Waals surface area contributed by atoms with E-state index in [1.807, 2.05) is 29.6 Å². The molecule has 2 amide bonds. The summed E-state index contributed by atoms with van der Waals surface area (Å²) in [7, 11) is -3.95. The molecule has 1 fully saturated rings. The van der Waals surface area contributed by atoms with Gasteiger partial charge in [-0.25, -0.2) is 17.4 Å². The zero-order valence-electron chi connectivity index (χ0n) is 19.9. The van der Waals surface area contributed by atoms with Crippen molar-refractivity contribution in [1.82, 2.24) is 13.9 Å². The minimum atomic E-state index is -3.95. The van der Waals surface area contributed by atoms with E-state index >= 15 is 0 Å². The molecule has 1 atom stereocenters. The monoisotopic (exact) mass is 539 g/mol. The number of halogens is 1. The summed E-state index contributed by atoms with van der Waals surface area (Å²) in [4.78, 5) is 32.0. The van der Waals surface area contributed by atoms with Gasteiger partial charge in [0.15, 0.2) is 5.13 Å². The molecular formula is C21H21BrN4O4S2. The first-order chi connectivity index (χ1) is 16.3. The Hall–Kier alpha value is -2.50. The molecule has 32 heavy (non-hydrogen) atoms. The number of benzene rings is 1. The quantitative estimate of drug-likeness (QED) is 0.532. The van der Waals surface area contributed by atoms with Gasteiger partial charge in [0.1, 0.15) is 6.04 Å². The Morgan fingerprint density at radius 1 is 1.34 bits per heavy atom. The Bertz CT molecular complexity index is 1400. The Labute approximate surface area is 202 Å². The van der Waals surface area contributed by atoms with Crippen LogP contribution in [0.3, 0.4) is 0 Å². The summed E-state index contributed by atoms with van der Waals surface area (Å²) in [5, 5.41) is 4.97. The van der Waals surface area contributed by atoms with Gasteiger partial charge in [0.2, 0.25) is 15.9 Å². The van der Waals surface area contributed by atoms with Gasteiger partial charge in [0.05, 0.1) is 17.5 Å². The maximum atomic E-state index is 13.2. The summed E-state index contributed by atoms with van der Waals surface area (Å²) in [5.41, 5.74) is 0.998. The number of nitrogens with zero attached hydrogens (tertiary/aromatic N) is 3. The molecule has 3 heterocycles. The van der Waals surface area contributed by atoms with Crippen LogP contribution in [0.1, 0.15) is 33.0 Å². The minimum Gasteiger partial charge on any atom is -0.327 e. The number of anilines is 1. The van der Waals surface area contributed by atoms with Crippen LogP contribution in [0.15, 0.2) is 46.4 Å². The molecule has 1 aliphatic rings. The van der Waals surface area contributed by atoms with Crippen molar-refractivity contribution in [1.29, 1.82) is 0 Å². The van der Waals surface area contributed by atoms with Gasteiger partial charge in [0.25, 0.3) is 5.91 Å². The van der Waals surface area contributed by atoms with E-state index in [-0.39, 0.29) is 12.1 Å². The van der Waals surface area contributed by atoms with E-state index in [1.54, 1.807) is 0 Å². The molecule has 0 aliphatic carbocycles. The SMILES string of the molecule is [2H]C([2H])([2H])c1cc(C(=O)N2CCC[C@H]2C(=O)Nc2nc(-c3cccc(Br)c3)cs2)cn1S(C)(=O)=O. The fourth-order valence-corrected chi connectivity index (χ4v) is 5.42. The van der Waals surface area contributed by atoms with E-state index < -0.39 is 40.4 Å². The summed E-state index contributed by atoms with van der Waals surface area (Å²) in [6.45, 7) is -2.45. The molecule has 0 unspecified atom stereocenters. The summed E-state index contributed by atoms with van der Waals surface area (Å²) in [5.74, 6) is -1.02. The van der Waals surface area contributed by atoms with Crippen molar-refractivity contribution >= 4 is 54.2 Å². The third-order valence-corrected chi connectivity index (χ3v) is 7.33. The lowest BCUT2D eigenvalue weighted by Gasteiger charge is -2.23. The van der Waals surface area contributed by atoms with Crippen LogP contribution in [0, 0.1) is 6.85 Å². The van der Waals surface area contributed by atoms with Crippen molar-refractivity contribution in [3.8, 4) is 11.3 Å². The van der Waals surface area contributed by atoms with E-state index in [0.717, 1.165) is 28.6 Å². The number of carbonyl (C=O) groups is 2. The summed E-state index contributed by atoms with van der Waals surface area (Å²) in [6, 6.07) is 7.85. The third-order valence-electron chi connectivity index (χ3n) is 5.06. The fourth-order valence-electron chi connectivity index (χ4n) is 3.58. The topological polar surface area (TPSA) is 101 Å². The van der Waals surface area contributed by atoms with Crippen molar-refractivity contribution in [2.75, 3.05) is 18.1 Å². The average Bonchev–Trinajstić information content (AvgIpc) is 3.51. The number of aryl methyl sites for hydroxylation is 1. The van der Waals surface area contributed by atoms with Crippen molar-refractivity contribution in [2.24, 2.45) is 0 Å². The van der Waals surface area contributed by atoms with E-state index in [4.69, 9.17) is 4.11 Å². The largest absolute Gasteiger partial charge is 0.327 e. The second-order valence-corrected chi connectivity index (χ2v) is 11.0. The zero-order chi connectivity index (χ0) is 25.5. The zero-order valence-corrected chi connectivity index (χ0v) is 20.1. The average molecular weight is 540 g/mol. The van der Waals surface area contributed by atoms with Crippen LogP contribution in [0.5, 0.6) is 0 Å². The first-order valence-electron chi connectivity index (χ1n) is 11.1. The van der Waals surface area contributed by atoms with Gasteiger partial charge in [-0.15, -0.1) is 11.3 Å². The Kier molecular flexibility index (Phi) is 5.23. The number of hydrogen-bond donors (Lipinski definition) is 1. The molecule has 2 aromatic heterocycles. The molecule has 8 nitrogen and oxygen atoms in total. The summed E-state index contributed by atoms with van der Waals surface area (Å²) >= 11 is 4.68. The molecule has 0 radical (unpaired) electrons. The van der Waals surface area contributed by atoms with E-state index in [1.165, 1.54) is 16.2 Å². The molecule has 0 saturated carbocycles. The van der Waals surface area contributed by atoms with E-state index in [9.17, 15) is 18.0 Å². The maximum absolute atomic E-state index is 13.2. The normalized spacial score (nSPS) is 18.1. The van der Waals surface area contributed by atoms with Gasteiger partial charge >= 0.3 is 0 Å². The second-order valence-electron chi connectivity index (χ2n) is 7.37.